The number of ether oxygens (including phenoxy) is 1. The van der Waals surface area contributed by atoms with Gasteiger partial charge in [-0.15, -0.1) is 0 Å². The summed E-state index contributed by atoms with van der Waals surface area (Å²) in [6, 6.07) is 15.2. The Kier molecular flexibility index (Phi) is 4.89. The third-order valence-corrected chi connectivity index (χ3v) is 6.26. The fraction of sp³-hybridized carbons (Fsp3) is 0.115. The van der Waals surface area contributed by atoms with E-state index in [1.165, 1.54) is 18.5 Å². The summed E-state index contributed by atoms with van der Waals surface area (Å²) in [6.07, 6.45) is 1.47. The maximum absolute atomic E-state index is 14.7. The number of fused-ring (bicyclic) bond motifs is 2. The lowest BCUT2D eigenvalue weighted by molar-refractivity contribution is -0.387. The van der Waals surface area contributed by atoms with Gasteiger partial charge in [0.25, 0.3) is 0 Å². The van der Waals surface area contributed by atoms with Crippen molar-refractivity contribution in [1.29, 1.82) is 0 Å². The van der Waals surface area contributed by atoms with Crippen LogP contribution in [-0.2, 0) is 13.6 Å². The number of anilines is 1. The van der Waals surface area contributed by atoms with Gasteiger partial charge in [-0.1, -0.05) is 12.1 Å². The number of halogens is 1. The van der Waals surface area contributed by atoms with Crippen molar-refractivity contribution in [1.82, 2.24) is 19.5 Å². The number of nitro groups is 1. The molecule has 6 rings (SSSR count). The van der Waals surface area contributed by atoms with E-state index in [1.807, 2.05) is 48.9 Å². The summed E-state index contributed by atoms with van der Waals surface area (Å²) in [5, 5.41) is 15.3. The van der Waals surface area contributed by atoms with Crippen LogP contribution in [0.1, 0.15) is 11.3 Å². The molecule has 1 aliphatic heterocycles. The maximum Gasteiger partial charge on any atom is 0.304 e. The molecule has 0 saturated carbocycles. The number of pyridine rings is 1. The maximum atomic E-state index is 14.7. The van der Waals surface area contributed by atoms with Gasteiger partial charge in [0.05, 0.1) is 16.0 Å². The fourth-order valence-electron chi connectivity index (χ4n) is 4.69. The van der Waals surface area contributed by atoms with Crippen LogP contribution in [0.5, 0.6) is 11.6 Å². The molecule has 1 N–H and O–H groups in total. The smallest absolute Gasteiger partial charge is 0.304 e. The summed E-state index contributed by atoms with van der Waals surface area (Å²) < 4.78 is 22.5. The zero-order chi connectivity index (χ0) is 25.0. The van der Waals surface area contributed by atoms with Crippen molar-refractivity contribution in [2.24, 2.45) is 7.05 Å². The first kappa shape index (κ1) is 21.7. The van der Waals surface area contributed by atoms with Gasteiger partial charge in [-0.05, 0) is 48.4 Å². The number of aryl methyl sites for hydroxylation is 2. The Bertz CT molecular complexity index is 1700. The van der Waals surface area contributed by atoms with Crippen molar-refractivity contribution < 1.29 is 14.1 Å². The molecule has 0 aliphatic carbocycles. The van der Waals surface area contributed by atoms with E-state index < -0.39 is 16.4 Å². The second-order valence-electron chi connectivity index (χ2n) is 8.52. The molecule has 178 valence electrons. The second-order valence-corrected chi connectivity index (χ2v) is 8.52. The van der Waals surface area contributed by atoms with Gasteiger partial charge < -0.3 is 14.6 Å². The van der Waals surface area contributed by atoms with E-state index >= 15 is 0 Å². The first-order valence-electron chi connectivity index (χ1n) is 11.2. The standard InChI is InChI=1S/C26H19FN6O3/c1-14-4-3-5-21(31-14)36-17-7-8-18-16(10-17)12-28-25-23-22(18)24(32(2)26(23)30-13-29-25)15-6-9-20(33(34)35)19(27)11-15/h3-11,13H,12H2,1-2H3,(H,28,29,30). The Balaban J connectivity index is 1.55. The summed E-state index contributed by atoms with van der Waals surface area (Å²) in [5.74, 6) is 0.872. The average molecular weight is 482 g/mol. The first-order valence-corrected chi connectivity index (χ1v) is 11.2. The van der Waals surface area contributed by atoms with Crippen LogP contribution in [0.2, 0.25) is 0 Å². The van der Waals surface area contributed by atoms with Crippen LogP contribution >= 0.6 is 0 Å². The molecule has 0 bridgehead atoms. The molecule has 36 heavy (non-hydrogen) atoms. The van der Waals surface area contributed by atoms with Crippen molar-refractivity contribution in [2.75, 3.05) is 5.32 Å². The quantitative estimate of drug-likeness (QED) is 0.256. The average Bonchev–Trinajstić information content (AvgIpc) is 3.05. The van der Waals surface area contributed by atoms with E-state index in [9.17, 15) is 14.5 Å². The van der Waals surface area contributed by atoms with Gasteiger partial charge in [0.15, 0.2) is 0 Å². The molecule has 0 spiro atoms. The molecule has 1 aliphatic rings. The van der Waals surface area contributed by atoms with E-state index in [2.05, 4.69) is 20.3 Å². The molecule has 0 fully saturated rings. The number of rotatable bonds is 4. The summed E-state index contributed by atoms with van der Waals surface area (Å²) in [7, 11) is 1.83. The number of hydrogen-bond donors (Lipinski definition) is 1. The highest BCUT2D eigenvalue weighted by molar-refractivity contribution is 6.09. The Hall–Kier alpha value is -4.86. The molecular weight excluding hydrogens is 463 g/mol. The SMILES string of the molecule is Cc1cccc(Oc2ccc3c(c2)CNc2ncnc4c2c-3c(-c2ccc([N+](=O)[O-])c(F)c2)n4C)n1. The summed E-state index contributed by atoms with van der Waals surface area (Å²) in [4.78, 5) is 23.7. The number of nitro benzene ring substituents is 1. The summed E-state index contributed by atoms with van der Waals surface area (Å²) in [5.41, 5.74) is 4.78. The van der Waals surface area contributed by atoms with Crippen LogP contribution in [0.25, 0.3) is 33.4 Å². The number of nitrogens with one attached hydrogen (secondary N) is 1. The Labute approximate surface area is 204 Å². The highest BCUT2D eigenvalue weighted by Gasteiger charge is 2.27. The van der Waals surface area contributed by atoms with Crippen LogP contribution in [0.15, 0.2) is 60.9 Å². The molecule has 4 heterocycles. The van der Waals surface area contributed by atoms with Crippen molar-refractivity contribution in [3.8, 4) is 34.0 Å². The highest BCUT2D eigenvalue weighted by atomic mass is 19.1. The minimum atomic E-state index is -0.900. The van der Waals surface area contributed by atoms with Gasteiger partial charge in [0.2, 0.25) is 11.7 Å². The minimum absolute atomic E-state index is 0.479. The number of hydrogen-bond acceptors (Lipinski definition) is 7. The van der Waals surface area contributed by atoms with Crippen LogP contribution in [0.3, 0.4) is 0 Å². The Morgan fingerprint density at radius 1 is 1.14 bits per heavy atom. The van der Waals surface area contributed by atoms with Crippen molar-refractivity contribution in [3.05, 3.63) is 88.1 Å². The molecule has 0 amide bonds. The van der Waals surface area contributed by atoms with Crippen LogP contribution in [0, 0.1) is 22.9 Å². The predicted molar refractivity (Wildman–Crippen MR) is 132 cm³/mol. The van der Waals surface area contributed by atoms with Gasteiger partial charge in [-0.2, -0.15) is 4.39 Å². The van der Waals surface area contributed by atoms with Crippen LogP contribution in [-0.4, -0.2) is 24.4 Å². The van der Waals surface area contributed by atoms with Gasteiger partial charge in [-0.3, -0.25) is 10.1 Å². The monoisotopic (exact) mass is 482 g/mol. The van der Waals surface area contributed by atoms with Gasteiger partial charge >= 0.3 is 5.69 Å². The summed E-state index contributed by atoms with van der Waals surface area (Å²) in [6.45, 7) is 2.38. The molecule has 0 unspecified atom stereocenters. The molecule has 0 atom stereocenters. The normalized spacial score (nSPS) is 12.1. The molecule has 5 aromatic rings. The van der Waals surface area contributed by atoms with Crippen molar-refractivity contribution in [3.63, 3.8) is 0 Å². The topological polar surface area (TPSA) is 108 Å². The first-order chi connectivity index (χ1) is 17.4. The number of nitrogens with zero attached hydrogens (tertiary/aromatic N) is 5. The lowest BCUT2D eigenvalue weighted by Gasteiger charge is -2.13. The second kappa shape index (κ2) is 8.12. The molecule has 0 radical (unpaired) electrons. The van der Waals surface area contributed by atoms with E-state index in [0.717, 1.165) is 27.8 Å². The molecule has 3 aromatic heterocycles. The lowest BCUT2D eigenvalue weighted by atomic mass is 9.95. The molecule has 9 nitrogen and oxygen atoms in total. The highest BCUT2D eigenvalue weighted by Crippen LogP contribution is 2.46. The van der Waals surface area contributed by atoms with Gasteiger partial charge in [-0.25, -0.2) is 15.0 Å². The van der Waals surface area contributed by atoms with Crippen molar-refractivity contribution in [2.45, 2.75) is 13.5 Å². The molecular formula is C26H19FN6O3. The fourth-order valence-corrected chi connectivity index (χ4v) is 4.69. The van der Waals surface area contributed by atoms with Crippen molar-refractivity contribution >= 4 is 22.5 Å². The van der Waals surface area contributed by atoms with E-state index in [4.69, 9.17) is 4.74 Å². The van der Waals surface area contributed by atoms with E-state index in [1.54, 1.807) is 12.1 Å². The number of aromatic nitrogens is 4. The Morgan fingerprint density at radius 2 is 2.00 bits per heavy atom. The van der Waals surface area contributed by atoms with Crippen LogP contribution < -0.4 is 10.1 Å². The largest absolute Gasteiger partial charge is 0.439 e. The summed E-state index contributed by atoms with van der Waals surface area (Å²) >= 11 is 0. The lowest BCUT2D eigenvalue weighted by Crippen LogP contribution is -2.03. The van der Waals surface area contributed by atoms with Gasteiger partial charge in [0, 0.05) is 42.5 Å². The zero-order valence-electron chi connectivity index (χ0n) is 19.3. The minimum Gasteiger partial charge on any atom is -0.439 e. The zero-order valence-corrected chi connectivity index (χ0v) is 19.3. The van der Waals surface area contributed by atoms with E-state index in [0.29, 0.717) is 40.9 Å². The van der Waals surface area contributed by atoms with Gasteiger partial charge in [0.1, 0.15) is 23.5 Å². The predicted octanol–water partition coefficient (Wildman–Crippen LogP) is 5.77. The molecule has 2 aromatic carbocycles. The van der Waals surface area contributed by atoms with E-state index in [-0.39, 0.29) is 0 Å². The third-order valence-electron chi connectivity index (χ3n) is 6.26. The molecule has 10 heteroatoms. The number of benzene rings is 2. The van der Waals surface area contributed by atoms with Crippen LogP contribution in [0.4, 0.5) is 15.9 Å². The molecule has 0 saturated heterocycles. The Morgan fingerprint density at radius 3 is 2.78 bits per heavy atom. The third kappa shape index (κ3) is 3.42.